The summed E-state index contributed by atoms with van der Waals surface area (Å²) in [6, 6.07) is 10.3. The first-order valence-corrected chi connectivity index (χ1v) is 10.8. The van der Waals surface area contributed by atoms with E-state index in [-0.39, 0.29) is 9.96 Å². The van der Waals surface area contributed by atoms with Gasteiger partial charge < -0.3 is 36.3 Å². The van der Waals surface area contributed by atoms with Crippen molar-refractivity contribution in [3.8, 4) is 11.3 Å². The number of aliphatic hydroxyl groups excluding tert-OH is 1. The first kappa shape index (κ1) is 28.7. The summed E-state index contributed by atoms with van der Waals surface area (Å²) < 4.78 is 54.7. The number of anilines is 2. The van der Waals surface area contributed by atoms with E-state index in [4.69, 9.17) is 22.4 Å². The number of alkyl halides is 3. The molecular weight excluding hydrogens is 538 g/mol. The van der Waals surface area contributed by atoms with Gasteiger partial charge in [-0.15, -0.1) is 0 Å². The van der Waals surface area contributed by atoms with Crippen molar-refractivity contribution >= 4 is 34.9 Å². The Morgan fingerprint density at radius 1 is 1.16 bits per heavy atom. The Hall–Kier alpha value is -3.82. The van der Waals surface area contributed by atoms with Crippen LogP contribution in [0.3, 0.4) is 0 Å². The van der Waals surface area contributed by atoms with Crippen LogP contribution in [0.15, 0.2) is 48.7 Å². The largest absolute Gasteiger partial charge is 0.433 e. The lowest BCUT2D eigenvalue weighted by atomic mass is 10.1. The van der Waals surface area contributed by atoms with Crippen molar-refractivity contribution in [1.82, 2.24) is 14.4 Å². The normalized spacial score (nSPS) is 12.6. The molecule has 1 unspecified atom stereocenters. The van der Waals surface area contributed by atoms with Crippen LogP contribution in [-0.2, 0) is 16.9 Å². The first-order chi connectivity index (χ1) is 17.7. The lowest BCUT2D eigenvalue weighted by molar-refractivity contribution is -0.329. The maximum atomic E-state index is 14.5. The molecule has 38 heavy (non-hydrogen) atoms. The van der Waals surface area contributed by atoms with Gasteiger partial charge in [-0.25, -0.2) is 14.4 Å². The summed E-state index contributed by atoms with van der Waals surface area (Å²) in [5, 5.41) is 40.7. The molecule has 4 aromatic rings. The molecule has 10 nitrogen and oxygen atoms in total. The molecule has 0 bridgehead atoms. The molecule has 1 atom stereocenters. The van der Waals surface area contributed by atoms with Crippen LogP contribution in [0.1, 0.15) is 23.2 Å². The number of hydrogen-bond donors (Lipinski definition) is 6. The molecule has 0 fully saturated rings. The number of nitrogens with one attached hydrogen (secondary N) is 1. The Morgan fingerprint density at radius 3 is 2.37 bits per heavy atom. The van der Waals surface area contributed by atoms with Crippen LogP contribution in [0, 0.1) is 5.82 Å². The quantitative estimate of drug-likeness (QED) is 0.123. The number of imidazole rings is 1. The topological polar surface area (TPSA) is 166 Å². The number of nitrogens with zero attached hydrogens (tertiary/aromatic N) is 3. The van der Waals surface area contributed by atoms with Crippen molar-refractivity contribution in [2.24, 2.45) is 0 Å². The highest BCUT2D eigenvalue weighted by molar-refractivity contribution is 6.30. The van der Waals surface area contributed by atoms with Gasteiger partial charge in [-0.1, -0.05) is 23.7 Å². The molecule has 0 saturated carbocycles. The van der Waals surface area contributed by atoms with Crippen LogP contribution < -0.4 is 11.1 Å². The number of aromatic nitrogens is 3. The fraction of sp³-hybridized carbons (Fsp3) is 0.174. The van der Waals surface area contributed by atoms with Crippen LogP contribution >= 0.6 is 11.6 Å². The summed E-state index contributed by atoms with van der Waals surface area (Å²) in [6.07, 6.45) is -5.27. The number of rotatable bonds is 5. The average molecular weight is 558 g/mol. The highest BCUT2D eigenvalue weighted by Crippen LogP contribution is 2.38. The molecule has 0 aliphatic rings. The number of aliphatic hydroxyl groups is 4. The predicted octanol–water partition coefficient (Wildman–Crippen LogP) is 2.84. The molecule has 15 heteroatoms. The number of hydrogen-bond acceptors (Lipinski definition) is 9. The molecule has 2 aromatic heterocycles. The fourth-order valence-electron chi connectivity index (χ4n) is 3.39. The molecule has 2 heterocycles. The summed E-state index contributed by atoms with van der Waals surface area (Å²) in [4.78, 5) is 17.2. The van der Waals surface area contributed by atoms with Crippen LogP contribution in [0.25, 0.3) is 16.8 Å². The van der Waals surface area contributed by atoms with E-state index in [0.717, 1.165) is 6.07 Å². The second-order valence-corrected chi connectivity index (χ2v) is 8.15. The van der Waals surface area contributed by atoms with Gasteiger partial charge in [-0.2, -0.15) is 13.2 Å². The van der Waals surface area contributed by atoms with Gasteiger partial charge >= 0.3 is 12.1 Å². The molecule has 202 valence electrons. The van der Waals surface area contributed by atoms with E-state index in [1.54, 1.807) is 24.3 Å². The Balaban J connectivity index is 0.000000304. The van der Waals surface area contributed by atoms with Gasteiger partial charge in [-0.3, -0.25) is 4.40 Å². The van der Waals surface area contributed by atoms with Crippen molar-refractivity contribution in [3.63, 3.8) is 0 Å². The Morgan fingerprint density at radius 2 is 1.84 bits per heavy atom. The lowest BCUT2D eigenvalue weighted by Gasteiger charge is -2.16. The van der Waals surface area contributed by atoms with E-state index in [2.05, 4.69) is 15.3 Å². The van der Waals surface area contributed by atoms with Crippen molar-refractivity contribution in [2.45, 2.75) is 18.3 Å². The molecule has 4 rings (SSSR count). The van der Waals surface area contributed by atoms with E-state index in [0.29, 0.717) is 28.8 Å². The van der Waals surface area contributed by atoms with Crippen LogP contribution in [-0.4, -0.2) is 48.1 Å². The van der Waals surface area contributed by atoms with E-state index < -0.39 is 52.6 Å². The predicted molar refractivity (Wildman–Crippen MR) is 128 cm³/mol. The zero-order chi connectivity index (χ0) is 28.4. The third-order valence-corrected chi connectivity index (χ3v) is 5.34. The number of carbonyl (C=O) groups is 1. The number of aldehydes is 1. The van der Waals surface area contributed by atoms with Crippen LogP contribution in [0.5, 0.6) is 0 Å². The zero-order valence-corrected chi connectivity index (χ0v) is 20.0. The number of nitrogen functional groups attached to an aromatic ring is 1. The zero-order valence-electron chi connectivity index (χ0n) is 19.3. The molecule has 0 saturated heterocycles. The van der Waals surface area contributed by atoms with Gasteiger partial charge in [0.2, 0.25) is 5.82 Å². The van der Waals surface area contributed by atoms with Gasteiger partial charge in [0.05, 0.1) is 6.20 Å². The highest BCUT2D eigenvalue weighted by atomic mass is 35.5. The van der Waals surface area contributed by atoms with Crippen molar-refractivity contribution in [1.29, 1.82) is 0 Å². The van der Waals surface area contributed by atoms with E-state index >= 15 is 0 Å². The maximum absolute atomic E-state index is 14.5. The summed E-state index contributed by atoms with van der Waals surface area (Å²) >= 11 is 5.62. The van der Waals surface area contributed by atoms with Crippen molar-refractivity contribution in [2.75, 3.05) is 18.1 Å². The summed E-state index contributed by atoms with van der Waals surface area (Å²) in [5.74, 6) is -6.33. The summed E-state index contributed by atoms with van der Waals surface area (Å²) in [6.45, 7) is 0. The maximum Gasteiger partial charge on any atom is 0.433 e. The number of halogens is 5. The molecule has 0 amide bonds. The number of carbonyl (C=O) groups excluding carboxylic acids is 1. The minimum Gasteiger partial charge on any atom is -0.388 e. The SMILES string of the molecule is CNc1ccc(-c2nc(C(O)(O)O)n3c(C(F)(F)F)cnc(N)c23)c(F)c1.O=CC(O)c1cccc(Cl)c1. The lowest BCUT2D eigenvalue weighted by Crippen LogP contribution is -2.29. The van der Waals surface area contributed by atoms with E-state index in [1.807, 2.05) is 0 Å². The third kappa shape index (κ3) is 6.00. The molecule has 2 aromatic carbocycles. The van der Waals surface area contributed by atoms with Crippen molar-refractivity contribution in [3.05, 3.63) is 76.6 Å². The standard InChI is InChI=1S/C15H13F4N5O3.C8H7ClO2/c1-21-6-2-3-7(8(16)4-6)10-11-12(20)22-5-9(14(17,18)19)24(11)13(23-10)15(25,26)27;9-7-3-1-2-6(4-7)8(11)5-10/h2-5,21,25-27H,1H3,(H2,20,22);1-5,8,11H. The molecular formula is C23H20ClF4N5O5. The Kier molecular flexibility index (Phi) is 8.24. The molecule has 0 radical (unpaired) electrons. The second-order valence-electron chi connectivity index (χ2n) is 7.71. The van der Waals surface area contributed by atoms with Gasteiger partial charge in [-0.05, 0) is 35.9 Å². The summed E-state index contributed by atoms with van der Waals surface area (Å²) in [7, 11) is 1.54. The molecule has 0 aliphatic carbocycles. The molecule has 0 spiro atoms. The third-order valence-electron chi connectivity index (χ3n) is 5.11. The highest BCUT2D eigenvalue weighted by Gasteiger charge is 2.40. The van der Waals surface area contributed by atoms with Gasteiger partial charge in [0.25, 0.3) is 0 Å². The number of benzene rings is 2. The molecule has 0 aliphatic heterocycles. The molecule has 7 N–H and O–H groups in total. The number of fused-ring (bicyclic) bond motifs is 1. The minimum absolute atomic E-state index is 0.184. The average Bonchev–Trinajstić information content (AvgIpc) is 3.25. The van der Waals surface area contributed by atoms with Gasteiger partial charge in [0.15, 0.2) is 6.29 Å². The first-order valence-electron chi connectivity index (χ1n) is 10.5. The van der Waals surface area contributed by atoms with Crippen LogP contribution in [0.2, 0.25) is 5.02 Å². The number of nitrogens with two attached hydrogens (primary N) is 1. The van der Waals surface area contributed by atoms with Gasteiger partial charge in [0.1, 0.15) is 34.6 Å². The van der Waals surface area contributed by atoms with E-state index in [9.17, 15) is 37.7 Å². The smallest absolute Gasteiger partial charge is 0.388 e. The monoisotopic (exact) mass is 557 g/mol. The summed E-state index contributed by atoms with van der Waals surface area (Å²) in [5.41, 5.74) is 3.78. The second kappa shape index (κ2) is 10.9. The fourth-order valence-corrected chi connectivity index (χ4v) is 3.58. The van der Waals surface area contributed by atoms with Crippen molar-refractivity contribution < 1.29 is 42.8 Å². The van der Waals surface area contributed by atoms with Gasteiger partial charge in [0, 0.05) is 23.3 Å². The Bertz CT molecular complexity index is 1470. The minimum atomic E-state index is -5.01. The van der Waals surface area contributed by atoms with E-state index in [1.165, 1.54) is 19.2 Å². The Labute approximate surface area is 216 Å². The van der Waals surface area contributed by atoms with Crippen LogP contribution in [0.4, 0.5) is 29.1 Å².